The number of carbonyl (C=O) groups excluding carboxylic acids is 6. The van der Waals surface area contributed by atoms with Crippen LogP contribution >= 0.6 is 35.1 Å². The Morgan fingerprint density at radius 2 is 1.02 bits per heavy atom. The summed E-state index contributed by atoms with van der Waals surface area (Å²) in [5.74, 6) is -0.952. The average molecular weight is 2040 g/mol. The van der Waals surface area contributed by atoms with Crippen LogP contribution in [0.1, 0.15) is 250 Å². The zero-order valence-corrected chi connectivity index (χ0v) is 90.2. The minimum absolute atomic E-state index is 0.0161. The van der Waals surface area contributed by atoms with E-state index >= 15 is 0 Å². The van der Waals surface area contributed by atoms with E-state index in [1.165, 1.54) is 142 Å². The number of aryl methyl sites for hydroxylation is 1. The Labute approximate surface area is 843 Å². The van der Waals surface area contributed by atoms with Gasteiger partial charge in [0.2, 0.25) is 27.8 Å². The third-order valence-electron chi connectivity index (χ3n) is 21.4. The van der Waals surface area contributed by atoms with Crippen LogP contribution in [0.4, 0.5) is 19.9 Å². The summed E-state index contributed by atoms with van der Waals surface area (Å²) in [6.07, 6.45) is 5.63. The summed E-state index contributed by atoms with van der Waals surface area (Å²) in [7, 11) is -7.50. The highest BCUT2D eigenvalue weighted by Gasteiger charge is 2.35. The summed E-state index contributed by atoms with van der Waals surface area (Å²) in [6.45, 7) is 43.8. The number of alkyl halides is 1. The van der Waals surface area contributed by atoms with Gasteiger partial charge in [-0.05, 0) is 191 Å². The van der Waals surface area contributed by atoms with E-state index in [0.717, 1.165) is 73.0 Å². The van der Waals surface area contributed by atoms with Crippen molar-refractivity contribution in [1.82, 2.24) is 40.3 Å². The monoisotopic (exact) mass is 2040 g/mol. The highest BCUT2D eigenvalue weighted by molar-refractivity contribution is 8.18. The van der Waals surface area contributed by atoms with Crippen molar-refractivity contribution in [2.24, 2.45) is 0 Å². The number of hydrogen-bond donors (Lipinski definition) is 8. The average Bonchev–Trinajstić information content (AvgIpc) is 0.775. The minimum Gasteiger partial charge on any atom is -0.550 e. The molecule has 0 radical (unpaired) electrons. The molecular formula is C107H142ClFN9O17S5-. The van der Waals surface area contributed by atoms with Gasteiger partial charge in [-0.2, -0.15) is 0 Å². The topological polar surface area (TPSA) is 390 Å². The van der Waals surface area contributed by atoms with E-state index < -0.39 is 72.5 Å². The number of carbonyl (C=O) groups is 6. The van der Waals surface area contributed by atoms with Gasteiger partial charge in [0.05, 0.1) is 43.7 Å². The second-order valence-electron chi connectivity index (χ2n) is 38.5. The molecule has 140 heavy (non-hydrogen) atoms. The molecule has 0 aliphatic carbocycles. The number of allylic oxidation sites excluding steroid dienone is 1. The van der Waals surface area contributed by atoms with Crippen LogP contribution in [0.3, 0.4) is 0 Å². The number of esters is 1. The number of phenolic OH excluding ortho intramolecular Hbond substituents is 1. The Morgan fingerprint density at radius 3 is 1.44 bits per heavy atom. The zero-order chi connectivity index (χ0) is 105. The molecule has 9 aromatic rings. The van der Waals surface area contributed by atoms with E-state index in [0.29, 0.717) is 76.7 Å². The van der Waals surface area contributed by atoms with Crippen LogP contribution in [0.15, 0.2) is 208 Å². The molecule has 33 heteroatoms. The number of aliphatic hydroxyl groups is 2. The minimum atomic E-state index is -3.87. The number of sulfonamides is 3. The summed E-state index contributed by atoms with van der Waals surface area (Å²) in [5.41, 5.74) is 14.5. The Hall–Kier alpha value is -11.0. The number of carboxylic acids is 1. The van der Waals surface area contributed by atoms with Gasteiger partial charge < -0.3 is 51.2 Å². The summed E-state index contributed by atoms with van der Waals surface area (Å²) in [6, 6.07) is 55.3. The number of nitrogens with one attached hydrogen (secondary N) is 5. The third kappa shape index (κ3) is 38.5. The molecule has 0 saturated heterocycles. The van der Waals surface area contributed by atoms with Crippen molar-refractivity contribution in [1.29, 1.82) is 0 Å². The number of hydrogen-bond acceptors (Lipinski definition) is 21. The maximum absolute atomic E-state index is 13.5. The predicted octanol–water partition coefficient (Wildman–Crippen LogP) is 19.5. The van der Waals surface area contributed by atoms with E-state index in [1.807, 2.05) is 49.0 Å². The first kappa shape index (κ1) is 120. The lowest BCUT2D eigenvalue weighted by atomic mass is 9.79. The molecular weight excluding hydrogens is 1900 g/mol. The number of ether oxygens (including phenoxy) is 1. The number of rotatable bonds is 34. The van der Waals surface area contributed by atoms with Gasteiger partial charge in [0.15, 0.2) is 0 Å². The molecule has 26 nitrogen and oxygen atoms in total. The number of anilines is 1. The number of aliphatic hydroxyl groups excluding tert-OH is 2. The van der Waals surface area contributed by atoms with Crippen molar-refractivity contribution in [3.8, 4) is 22.8 Å². The molecule has 1 heterocycles. The molecule has 0 aliphatic heterocycles. The summed E-state index contributed by atoms with van der Waals surface area (Å²) in [5, 5.41) is 51.8. The molecule has 1 aromatic heterocycles. The largest absolute Gasteiger partial charge is 0.550 e. The quantitative estimate of drug-likeness (QED) is 0.00464. The molecule has 0 fully saturated rings. The molecule has 0 aliphatic rings. The second kappa shape index (κ2) is 53.8. The van der Waals surface area contributed by atoms with E-state index in [9.17, 15) is 78.8 Å². The summed E-state index contributed by atoms with van der Waals surface area (Å²) >= 11 is 9.84. The number of aromatic hydroxyl groups is 1. The van der Waals surface area contributed by atoms with Gasteiger partial charge in [0, 0.05) is 129 Å². The first-order valence-electron chi connectivity index (χ1n) is 46.3. The van der Waals surface area contributed by atoms with E-state index in [1.54, 1.807) is 24.3 Å². The number of nitrogens with zero attached hydrogens (tertiary/aromatic N) is 4. The zero-order valence-electron chi connectivity index (χ0n) is 85.3. The molecule has 6 amide bonds. The van der Waals surface area contributed by atoms with Gasteiger partial charge in [-0.3, -0.25) is 14.4 Å². The number of halogens is 2. The lowest BCUT2D eigenvalue weighted by molar-refractivity contribution is -0.307. The number of aromatic nitrogens is 2. The van der Waals surface area contributed by atoms with Crippen molar-refractivity contribution in [2.45, 2.75) is 260 Å². The van der Waals surface area contributed by atoms with E-state index in [-0.39, 0.29) is 71.6 Å². The second-order valence-corrected chi connectivity index (χ2v) is 48.2. The molecule has 0 unspecified atom stereocenters. The van der Waals surface area contributed by atoms with Gasteiger partial charge >= 0.3 is 18.0 Å². The highest BCUT2D eigenvalue weighted by atomic mass is 35.5. The standard InChI is InChI=1S/C33H50O3S2.C25H25Cl.C22H28FN3O6S.C14H21N3O4S.C13H19N3O4S/c1-20(34)36-28-25(31(8,9)10)18-22(19-26(28)32(11,12)13)38-33(14,15)37-21-16-23(29(2,3)4)27(35)24(17-21)30(5,6)7;1-2-9-20-14-16-23(17-15-20)25(22-12-7-4-8-13-22)24(18-19-26)21-10-5-3-6-11-21;1-13(2)20-18(10-9-16(27)11-17(28)12-19(29)30)21(14-5-7-15(23)8-6-14)25-22(24-20)26(3)33(4,31)32;1-3-9-16-14(19)17-22(20,21)13-6-4-12(5-7-13)8-10-15-11(2)18;1-10(17)15-9-8-11-4-6-12(7-5-11)21(19,20)16(3)13(18)14-2/h16-19,35H,1-15H3;3-8,10-17H,2,9,18-19H2,1H3;5-10,13,16-17,27-28H,11-12H2,1-4H3,(H,29,30);4-7H,3,8-10H2,1-2H3,(H,15,18)(H2,16,17,19);4-7H,8-9H2,1-3H3,(H,14,18)(H,15,17)/p-1/b;25-24-;10-9+;;/t;;16-,17-;;/m..1../s1. The summed E-state index contributed by atoms with van der Waals surface area (Å²) < 4.78 is 95.1. The van der Waals surface area contributed by atoms with E-state index in [4.69, 9.17) is 16.3 Å². The van der Waals surface area contributed by atoms with Gasteiger partial charge in [0.1, 0.15) is 17.3 Å². The number of benzene rings is 8. The molecule has 0 saturated carbocycles. The van der Waals surface area contributed by atoms with Crippen molar-refractivity contribution >= 4 is 124 Å². The lowest BCUT2D eigenvalue weighted by Crippen LogP contribution is -2.39. The highest BCUT2D eigenvalue weighted by Crippen LogP contribution is 2.52. The molecule has 8 aromatic carbocycles. The summed E-state index contributed by atoms with van der Waals surface area (Å²) in [4.78, 5) is 78.2. The maximum Gasteiger partial charge on any atom is 0.330 e. The third-order valence-corrected chi connectivity index (χ3v) is 28.3. The Balaban J connectivity index is 0.000000314. The molecule has 9 rings (SSSR count). The normalized spacial score (nSPS) is 12.5. The van der Waals surface area contributed by atoms with Gasteiger partial charge in [-0.1, -0.05) is 239 Å². The lowest BCUT2D eigenvalue weighted by Gasteiger charge is -2.32. The first-order chi connectivity index (χ1) is 65.1. The molecule has 8 N–H and O–H groups in total. The fourth-order valence-corrected chi connectivity index (χ4v) is 19.4. The van der Waals surface area contributed by atoms with Gasteiger partial charge in [-0.15, -0.1) is 35.1 Å². The van der Waals surface area contributed by atoms with E-state index in [2.05, 4.69) is 244 Å². The fraction of sp³-hybridized carbons (Fsp3) is 0.421. The van der Waals surface area contributed by atoms with Crippen molar-refractivity contribution in [2.75, 3.05) is 57.2 Å². The van der Waals surface area contributed by atoms with Crippen LogP contribution < -0.4 is 40.1 Å². The fourth-order valence-electron chi connectivity index (χ4n) is 14.2. The van der Waals surface area contributed by atoms with Crippen LogP contribution in [0.5, 0.6) is 11.5 Å². The van der Waals surface area contributed by atoms with Gasteiger partial charge in [-0.25, -0.2) is 62.5 Å². The van der Waals surface area contributed by atoms with Crippen LogP contribution in [0, 0.1) is 5.82 Å². The number of thioether (sulfide) groups is 2. The van der Waals surface area contributed by atoms with Gasteiger partial charge in [0.25, 0.3) is 20.0 Å². The van der Waals surface area contributed by atoms with Crippen LogP contribution in [-0.2, 0) is 90.2 Å². The van der Waals surface area contributed by atoms with Crippen LogP contribution in [0.2, 0.25) is 0 Å². The molecule has 762 valence electrons. The van der Waals surface area contributed by atoms with Crippen molar-refractivity contribution in [3.63, 3.8) is 0 Å². The number of phenols is 1. The number of aliphatic carboxylic acids is 1. The first-order valence-corrected chi connectivity index (χ1v) is 53.2. The predicted molar refractivity (Wildman–Crippen MR) is 562 cm³/mol. The Morgan fingerprint density at radius 1 is 0.579 bits per heavy atom. The Kier molecular flexibility index (Phi) is 45.9. The number of urea groups is 2. The smallest absolute Gasteiger partial charge is 0.330 e. The maximum atomic E-state index is 13.5. The van der Waals surface area contributed by atoms with Crippen molar-refractivity contribution < 1.29 is 83.6 Å². The van der Waals surface area contributed by atoms with Crippen LogP contribution in [0.25, 0.3) is 28.5 Å². The van der Waals surface area contributed by atoms with Crippen LogP contribution in [-0.4, -0.2) is 160 Å². The number of amides is 6. The molecule has 0 bridgehead atoms. The number of carboxylic acid groups (broad SMARTS) is 1. The Bertz CT molecular complexity index is 6000. The SMILES string of the molecule is CC(=O)Oc1c(C(C)(C)C)cc(SC(C)(C)Sc2cc(C(C)(C)C)c(O)c(C(C)(C)C)c2)cc1C(C)(C)C.CC(C)c1nc(N(C)S(C)(=O)=O)nc(-c2ccc(F)cc2)c1/C=C/[C@@H](O)C[C@@H](O)CC(=O)[O-].CCCNC(=O)NS(=O)(=O)c1ccc(CCNC(C)=O)cc1.CCCc1ccc(/C(=C(/CCCl)c2ccccc2)c2ccccc2)cc1.CNC(=O)N(C)S(=O)(=O)c1ccc(CCNC(C)=O)cc1. The molecule has 2 atom stereocenters. The van der Waals surface area contributed by atoms with Crippen molar-refractivity contribution in [3.05, 3.63) is 261 Å². The molecule has 0 spiro atoms.